The molecule has 0 unspecified atom stereocenters. The fraction of sp³-hybridized carbons (Fsp3) is 0.462. The topological polar surface area (TPSA) is 109 Å². The molecule has 3 aliphatic rings. The Morgan fingerprint density at radius 1 is 1.00 bits per heavy atom. The highest BCUT2D eigenvalue weighted by Gasteiger charge is 2.34. The van der Waals surface area contributed by atoms with Crippen molar-refractivity contribution in [2.45, 2.75) is 58.0 Å². The van der Waals surface area contributed by atoms with Crippen LogP contribution in [-0.2, 0) is 24.9 Å². The minimum Gasteiger partial charge on any atom is -0.325 e. The molecule has 0 atom stereocenters. The molecule has 0 aromatic carbocycles. The van der Waals surface area contributed by atoms with Gasteiger partial charge in [-0.25, -0.2) is 9.78 Å². The second kappa shape index (κ2) is 8.69. The normalized spacial score (nSPS) is 18.2. The van der Waals surface area contributed by atoms with Crippen molar-refractivity contribution in [2.75, 3.05) is 25.0 Å². The maximum absolute atomic E-state index is 13.1. The van der Waals surface area contributed by atoms with Crippen LogP contribution in [0.25, 0.3) is 11.5 Å². The molecule has 0 bridgehead atoms. The van der Waals surface area contributed by atoms with Gasteiger partial charge in [-0.2, -0.15) is 0 Å². The van der Waals surface area contributed by atoms with Gasteiger partial charge in [0.25, 0.3) is 5.91 Å². The van der Waals surface area contributed by atoms with Crippen LogP contribution in [0.4, 0.5) is 10.6 Å². The van der Waals surface area contributed by atoms with Gasteiger partial charge in [0, 0.05) is 44.3 Å². The van der Waals surface area contributed by atoms with Gasteiger partial charge >= 0.3 is 6.03 Å². The zero-order chi connectivity index (χ0) is 24.9. The van der Waals surface area contributed by atoms with Crippen molar-refractivity contribution in [2.24, 2.45) is 0 Å². The quantitative estimate of drug-likeness (QED) is 0.609. The molecule has 3 amide bonds. The number of pyridine rings is 2. The molecule has 0 aliphatic carbocycles. The van der Waals surface area contributed by atoms with Gasteiger partial charge in [-0.15, -0.1) is 10.2 Å². The van der Waals surface area contributed by atoms with Crippen molar-refractivity contribution in [3.05, 3.63) is 53.1 Å². The summed E-state index contributed by atoms with van der Waals surface area (Å²) < 4.78 is 2.14. The molecule has 186 valence electrons. The van der Waals surface area contributed by atoms with Crippen LogP contribution < -0.4 is 5.32 Å². The predicted molar refractivity (Wildman–Crippen MR) is 133 cm³/mol. The van der Waals surface area contributed by atoms with Crippen LogP contribution in [0, 0.1) is 0 Å². The van der Waals surface area contributed by atoms with Crippen molar-refractivity contribution in [3.8, 4) is 11.5 Å². The first kappa shape index (κ1) is 22.6. The third kappa shape index (κ3) is 4.00. The van der Waals surface area contributed by atoms with Gasteiger partial charge in [-0.1, -0.05) is 6.07 Å². The lowest BCUT2D eigenvalue weighted by atomic mass is 10.0. The zero-order valence-corrected chi connectivity index (χ0v) is 20.7. The van der Waals surface area contributed by atoms with E-state index < -0.39 is 0 Å². The molecule has 6 rings (SSSR count). The Balaban J connectivity index is 1.19. The SMILES string of the molecule is CC1(C)CCc2nnc(-c3cccc(NC(=O)c4cc5c(cn4)CCN(C(=O)N4CCCC4)C5)n3)n21. The lowest BCUT2D eigenvalue weighted by molar-refractivity contribution is 0.102. The van der Waals surface area contributed by atoms with Crippen LogP contribution in [0.3, 0.4) is 0 Å². The summed E-state index contributed by atoms with van der Waals surface area (Å²) in [5, 5.41) is 11.6. The second-order valence-corrected chi connectivity index (χ2v) is 10.4. The molecule has 10 nitrogen and oxygen atoms in total. The third-order valence-electron chi connectivity index (χ3n) is 7.49. The van der Waals surface area contributed by atoms with E-state index >= 15 is 0 Å². The van der Waals surface area contributed by atoms with E-state index in [1.54, 1.807) is 18.3 Å². The Morgan fingerprint density at radius 2 is 1.83 bits per heavy atom. The van der Waals surface area contributed by atoms with Crippen LogP contribution >= 0.6 is 0 Å². The highest BCUT2D eigenvalue weighted by molar-refractivity contribution is 6.02. The summed E-state index contributed by atoms with van der Waals surface area (Å²) in [5.41, 5.74) is 2.95. The number of aryl methyl sites for hydroxylation is 1. The van der Waals surface area contributed by atoms with Crippen LogP contribution in [0.5, 0.6) is 0 Å². The van der Waals surface area contributed by atoms with Crippen molar-refractivity contribution in [1.82, 2.24) is 34.5 Å². The summed E-state index contributed by atoms with van der Waals surface area (Å²) in [5.74, 6) is 1.76. The molecular formula is C26H30N8O2. The van der Waals surface area contributed by atoms with E-state index in [9.17, 15) is 9.59 Å². The minimum absolute atomic E-state index is 0.0772. The number of urea groups is 1. The Labute approximate surface area is 209 Å². The number of nitrogens with zero attached hydrogens (tertiary/aromatic N) is 7. The first-order valence-electron chi connectivity index (χ1n) is 12.6. The van der Waals surface area contributed by atoms with E-state index in [4.69, 9.17) is 0 Å². The number of hydrogen-bond donors (Lipinski definition) is 1. The number of carbonyl (C=O) groups excluding carboxylic acids is 2. The molecule has 1 N–H and O–H groups in total. The molecule has 3 aliphatic heterocycles. The van der Waals surface area contributed by atoms with Crippen LogP contribution in [0.1, 0.15) is 60.5 Å². The van der Waals surface area contributed by atoms with Crippen molar-refractivity contribution < 1.29 is 9.59 Å². The van der Waals surface area contributed by atoms with E-state index in [2.05, 4.69) is 43.9 Å². The molecule has 1 saturated heterocycles. The smallest absolute Gasteiger partial charge is 0.320 e. The standard InChI is InChI=1S/C26H30N8O2/c1-26(2)10-8-22-30-31-23(34(22)26)19-6-5-7-21(28-19)29-24(35)20-14-18-16-33(13-9-17(18)15-27-20)25(36)32-11-3-4-12-32/h5-7,14-15H,3-4,8-13,16H2,1-2H3,(H,28,29,35). The Morgan fingerprint density at radius 3 is 2.67 bits per heavy atom. The molecule has 10 heteroatoms. The summed E-state index contributed by atoms with van der Waals surface area (Å²) in [6, 6.07) is 7.37. The summed E-state index contributed by atoms with van der Waals surface area (Å²) in [7, 11) is 0. The maximum Gasteiger partial charge on any atom is 0.320 e. The van der Waals surface area contributed by atoms with E-state index in [-0.39, 0.29) is 17.5 Å². The fourth-order valence-corrected chi connectivity index (χ4v) is 5.45. The van der Waals surface area contributed by atoms with E-state index in [0.717, 1.165) is 62.1 Å². The van der Waals surface area contributed by atoms with E-state index in [1.165, 1.54) is 0 Å². The predicted octanol–water partition coefficient (Wildman–Crippen LogP) is 3.24. The number of likely N-dealkylation sites (tertiary alicyclic amines) is 1. The monoisotopic (exact) mass is 486 g/mol. The molecule has 1 fully saturated rings. The number of nitrogens with one attached hydrogen (secondary N) is 1. The Hall–Kier alpha value is -3.82. The second-order valence-electron chi connectivity index (χ2n) is 10.4. The van der Waals surface area contributed by atoms with Crippen molar-refractivity contribution >= 4 is 17.8 Å². The third-order valence-corrected chi connectivity index (χ3v) is 7.49. The molecule has 0 radical (unpaired) electrons. The van der Waals surface area contributed by atoms with Gasteiger partial charge in [0.15, 0.2) is 5.82 Å². The summed E-state index contributed by atoms with van der Waals surface area (Å²) in [6.45, 7) is 7.16. The largest absolute Gasteiger partial charge is 0.325 e. The number of aromatic nitrogens is 5. The average Bonchev–Trinajstić information content (AvgIpc) is 3.62. The molecule has 36 heavy (non-hydrogen) atoms. The van der Waals surface area contributed by atoms with Crippen molar-refractivity contribution in [1.29, 1.82) is 0 Å². The van der Waals surface area contributed by atoms with Gasteiger partial charge < -0.3 is 19.7 Å². The maximum atomic E-state index is 13.1. The van der Waals surface area contributed by atoms with E-state index in [0.29, 0.717) is 36.1 Å². The number of fused-ring (bicyclic) bond motifs is 2. The molecular weight excluding hydrogens is 456 g/mol. The van der Waals surface area contributed by atoms with Crippen LogP contribution in [-0.4, -0.2) is 66.1 Å². The summed E-state index contributed by atoms with van der Waals surface area (Å²) >= 11 is 0. The number of carbonyl (C=O) groups is 2. The lowest BCUT2D eigenvalue weighted by Crippen LogP contribution is -2.44. The molecule has 3 aromatic heterocycles. The number of rotatable bonds is 3. The first-order chi connectivity index (χ1) is 17.4. The number of hydrogen-bond acceptors (Lipinski definition) is 6. The minimum atomic E-state index is -0.336. The average molecular weight is 487 g/mol. The molecule has 6 heterocycles. The molecule has 0 spiro atoms. The lowest BCUT2D eigenvalue weighted by Gasteiger charge is -2.32. The Kier molecular flexibility index (Phi) is 5.46. The van der Waals surface area contributed by atoms with Gasteiger partial charge in [-0.3, -0.25) is 9.78 Å². The molecule has 0 saturated carbocycles. The highest BCUT2D eigenvalue weighted by atomic mass is 16.2. The molecule has 3 aromatic rings. The zero-order valence-electron chi connectivity index (χ0n) is 20.7. The Bertz CT molecular complexity index is 1340. The number of anilines is 1. The number of amides is 3. The van der Waals surface area contributed by atoms with Gasteiger partial charge in [-0.05, 0) is 68.9 Å². The first-order valence-corrected chi connectivity index (χ1v) is 12.6. The summed E-state index contributed by atoms with van der Waals surface area (Å²) in [6.07, 6.45) is 6.53. The van der Waals surface area contributed by atoms with Crippen LogP contribution in [0.15, 0.2) is 30.5 Å². The van der Waals surface area contributed by atoms with E-state index in [1.807, 2.05) is 21.9 Å². The highest BCUT2D eigenvalue weighted by Crippen LogP contribution is 2.35. The summed E-state index contributed by atoms with van der Waals surface area (Å²) in [4.78, 5) is 38.8. The van der Waals surface area contributed by atoms with Gasteiger partial charge in [0.1, 0.15) is 23.0 Å². The fourth-order valence-electron chi connectivity index (χ4n) is 5.45. The van der Waals surface area contributed by atoms with Gasteiger partial charge in [0.2, 0.25) is 0 Å². The van der Waals surface area contributed by atoms with Crippen molar-refractivity contribution in [3.63, 3.8) is 0 Å². The van der Waals surface area contributed by atoms with Gasteiger partial charge in [0.05, 0.1) is 0 Å². The van der Waals surface area contributed by atoms with Crippen LogP contribution in [0.2, 0.25) is 0 Å².